The van der Waals surface area contributed by atoms with Crippen molar-refractivity contribution in [2.75, 3.05) is 47.5 Å². The van der Waals surface area contributed by atoms with E-state index in [4.69, 9.17) is 19.0 Å². The van der Waals surface area contributed by atoms with Gasteiger partial charge in [-0.2, -0.15) is 0 Å². The second-order valence-electron chi connectivity index (χ2n) is 10.2. The molecular formula is C28H51NO9P+. The largest absolute Gasteiger partial charge is 0.472 e. The molecule has 39 heavy (non-hydrogen) atoms. The molecule has 0 saturated carbocycles. The number of carbonyl (C=O) groups is 1. The number of aliphatic hydroxyl groups excluding tert-OH is 1. The van der Waals surface area contributed by atoms with Crippen LogP contribution in [-0.2, 0) is 28.0 Å². The van der Waals surface area contributed by atoms with Crippen LogP contribution in [0.3, 0.4) is 0 Å². The minimum absolute atomic E-state index is 0.0249. The molecule has 0 aliphatic carbocycles. The van der Waals surface area contributed by atoms with E-state index in [0.29, 0.717) is 30.3 Å². The number of ether oxygens (including phenoxy) is 1. The minimum Gasteiger partial charge on any atom is -0.457 e. The van der Waals surface area contributed by atoms with Crippen LogP contribution in [0.1, 0.15) is 64.7 Å². The number of quaternary nitrogens is 1. The number of phosphoric acid groups is 1. The maximum Gasteiger partial charge on any atom is 0.472 e. The van der Waals surface area contributed by atoms with Gasteiger partial charge in [-0.15, -0.1) is 0 Å². The predicted octanol–water partition coefficient (Wildman–Crippen LogP) is 5.34. The molecule has 0 bridgehead atoms. The smallest absolute Gasteiger partial charge is 0.457 e. The fourth-order valence-electron chi connectivity index (χ4n) is 3.03. The molecule has 0 aromatic rings. The second-order valence-corrected chi connectivity index (χ2v) is 11.6. The van der Waals surface area contributed by atoms with Crippen LogP contribution in [0.4, 0.5) is 0 Å². The Morgan fingerprint density at radius 3 is 2.36 bits per heavy atom. The van der Waals surface area contributed by atoms with Crippen LogP contribution in [0.15, 0.2) is 48.6 Å². The Morgan fingerprint density at radius 1 is 0.974 bits per heavy atom. The number of hydrogen-bond acceptors (Lipinski definition) is 8. The van der Waals surface area contributed by atoms with E-state index in [-0.39, 0.29) is 19.1 Å². The first-order valence-electron chi connectivity index (χ1n) is 13.7. The van der Waals surface area contributed by atoms with E-state index >= 15 is 0 Å². The number of allylic oxidation sites excluding steroid dienone is 6. The fraction of sp³-hybridized carbons (Fsp3) is 0.679. The summed E-state index contributed by atoms with van der Waals surface area (Å²) in [4.78, 5) is 26.2. The molecule has 0 radical (unpaired) electrons. The Morgan fingerprint density at radius 2 is 1.69 bits per heavy atom. The lowest BCUT2D eigenvalue weighted by molar-refractivity contribution is -0.870. The van der Waals surface area contributed by atoms with E-state index < -0.39 is 33.1 Å². The van der Waals surface area contributed by atoms with E-state index in [2.05, 4.69) is 17.9 Å². The Balaban J connectivity index is 4.09. The van der Waals surface area contributed by atoms with Gasteiger partial charge in [-0.1, -0.05) is 68.4 Å². The molecule has 0 aliphatic rings. The Bertz CT molecular complexity index is 790. The Hall–Kier alpha value is -1.62. The van der Waals surface area contributed by atoms with E-state index in [9.17, 15) is 19.4 Å². The van der Waals surface area contributed by atoms with Crippen LogP contribution in [0.2, 0.25) is 0 Å². The highest BCUT2D eigenvalue weighted by atomic mass is 31.2. The number of aliphatic hydroxyl groups is 1. The molecule has 0 aliphatic heterocycles. The third kappa shape index (κ3) is 25.1. The molecule has 0 aromatic heterocycles. The third-order valence-electron chi connectivity index (χ3n) is 5.35. The van der Waals surface area contributed by atoms with Gasteiger partial charge in [-0.05, 0) is 38.5 Å². The van der Waals surface area contributed by atoms with Gasteiger partial charge < -0.3 is 19.2 Å². The number of esters is 1. The first-order chi connectivity index (χ1) is 18.5. The summed E-state index contributed by atoms with van der Waals surface area (Å²) in [6.07, 6.45) is 21.5. The van der Waals surface area contributed by atoms with Crippen molar-refractivity contribution in [3.63, 3.8) is 0 Å². The van der Waals surface area contributed by atoms with Crippen LogP contribution < -0.4 is 0 Å². The van der Waals surface area contributed by atoms with Gasteiger partial charge in [0.15, 0.2) is 0 Å². The number of unbranched alkanes of at least 4 members (excludes halogenated alkanes) is 4. The van der Waals surface area contributed by atoms with Gasteiger partial charge in [0.05, 0.1) is 34.4 Å². The zero-order valence-corrected chi connectivity index (χ0v) is 25.0. The lowest BCUT2D eigenvalue weighted by Crippen LogP contribution is -2.37. The summed E-state index contributed by atoms with van der Waals surface area (Å²) < 4.78 is 27.4. The van der Waals surface area contributed by atoms with Gasteiger partial charge in [-0.25, -0.2) is 9.45 Å². The Labute approximate surface area is 234 Å². The van der Waals surface area contributed by atoms with Gasteiger partial charge in [-0.3, -0.25) is 19.1 Å². The Kier molecular flexibility index (Phi) is 22.2. The van der Waals surface area contributed by atoms with E-state index in [1.807, 2.05) is 57.6 Å². The summed E-state index contributed by atoms with van der Waals surface area (Å²) in [6.45, 7) is 1.73. The highest BCUT2D eigenvalue weighted by Gasteiger charge is 2.25. The summed E-state index contributed by atoms with van der Waals surface area (Å²) in [5.41, 5.74) is 0. The predicted molar refractivity (Wildman–Crippen MR) is 153 cm³/mol. The molecular weight excluding hydrogens is 525 g/mol. The number of carbonyl (C=O) groups excluding carboxylic acids is 1. The average Bonchev–Trinajstić information content (AvgIpc) is 2.87. The van der Waals surface area contributed by atoms with Gasteiger partial charge in [0, 0.05) is 6.42 Å². The number of hydrogen-bond donors (Lipinski definition) is 3. The van der Waals surface area contributed by atoms with E-state index in [0.717, 1.165) is 12.8 Å². The van der Waals surface area contributed by atoms with Crippen LogP contribution in [0, 0.1) is 0 Å². The third-order valence-corrected chi connectivity index (χ3v) is 6.33. The minimum atomic E-state index is -4.30. The zero-order chi connectivity index (χ0) is 29.4. The summed E-state index contributed by atoms with van der Waals surface area (Å²) in [6, 6.07) is 0. The normalized spacial score (nSPS) is 16.0. The van der Waals surface area contributed by atoms with Crippen molar-refractivity contribution in [2.45, 2.75) is 76.9 Å². The molecule has 3 atom stereocenters. The quantitative estimate of drug-likeness (QED) is 0.0203. The van der Waals surface area contributed by atoms with Gasteiger partial charge in [0.1, 0.15) is 25.4 Å². The number of likely N-dealkylation sites (N-methyl/N-ethyl adjacent to an activating group) is 1. The van der Waals surface area contributed by atoms with Crippen molar-refractivity contribution in [3.05, 3.63) is 48.6 Å². The zero-order valence-electron chi connectivity index (χ0n) is 24.2. The van der Waals surface area contributed by atoms with Gasteiger partial charge in [0.2, 0.25) is 0 Å². The summed E-state index contributed by atoms with van der Waals surface area (Å²) in [5.74, 6) is -0.522. The molecule has 0 aromatic carbocycles. The summed E-state index contributed by atoms with van der Waals surface area (Å²) >= 11 is 0. The van der Waals surface area contributed by atoms with Crippen molar-refractivity contribution in [1.29, 1.82) is 0 Å². The van der Waals surface area contributed by atoms with E-state index in [1.165, 1.54) is 19.3 Å². The van der Waals surface area contributed by atoms with Crippen molar-refractivity contribution >= 4 is 13.8 Å². The molecule has 0 spiro atoms. The molecule has 10 nitrogen and oxygen atoms in total. The maximum atomic E-state index is 12.0. The topological polar surface area (TPSA) is 132 Å². The molecule has 11 heteroatoms. The molecule has 1 unspecified atom stereocenters. The molecule has 0 heterocycles. The number of nitrogens with zero attached hydrogens (tertiary/aromatic N) is 1. The number of phosphoric ester groups is 1. The van der Waals surface area contributed by atoms with Crippen molar-refractivity contribution in [1.82, 2.24) is 0 Å². The highest BCUT2D eigenvalue weighted by Crippen LogP contribution is 2.43. The molecule has 3 N–H and O–H groups in total. The monoisotopic (exact) mass is 576 g/mol. The highest BCUT2D eigenvalue weighted by molar-refractivity contribution is 7.47. The van der Waals surface area contributed by atoms with Gasteiger partial charge in [0.25, 0.3) is 0 Å². The molecule has 0 fully saturated rings. The van der Waals surface area contributed by atoms with Crippen molar-refractivity contribution < 1.29 is 47.8 Å². The molecule has 226 valence electrons. The maximum absolute atomic E-state index is 12.0. The number of rotatable bonds is 24. The van der Waals surface area contributed by atoms with Gasteiger partial charge >= 0.3 is 13.8 Å². The first kappa shape index (κ1) is 37.4. The SMILES string of the molecule is CCCCC/C=C\C[C@@H](/C=C/C=C\C/C=C\CCCC(=O)O[C@H](CO)COP(=O)(O)OCC[N+](C)(C)C)OO. The summed E-state index contributed by atoms with van der Waals surface area (Å²) in [7, 11) is 1.45. The molecule has 0 saturated heterocycles. The van der Waals surface area contributed by atoms with Crippen LogP contribution in [0.25, 0.3) is 0 Å². The van der Waals surface area contributed by atoms with Crippen LogP contribution in [-0.4, -0.2) is 85.4 Å². The van der Waals surface area contributed by atoms with Crippen molar-refractivity contribution in [2.24, 2.45) is 0 Å². The molecule has 0 rings (SSSR count). The lowest BCUT2D eigenvalue weighted by Gasteiger charge is -2.24. The van der Waals surface area contributed by atoms with E-state index in [1.54, 1.807) is 6.08 Å². The standard InChI is InChI=1S/C28H50NO9P/c1-5-6-7-8-13-16-19-26(38-32)20-17-14-11-9-10-12-15-18-21-28(31)37-27(24-30)25-36-39(33,34)35-23-22-29(2,3)4/h10-14,16-17,20,26-27,30H,5-9,15,18-19,21-25H2,1-4H3,(H-,32,33,34)/p+1/b12-10-,14-11-,16-13-,20-17+/t26-,27+/m0/s1. The first-order valence-corrected chi connectivity index (χ1v) is 15.2. The fourth-order valence-corrected chi connectivity index (χ4v) is 3.77. The van der Waals surface area contributed by atoms with Crippen LogP contribution >= 0.6 is 7.82 Å². The molecule has 0 amide bonds. The van der Waals surface area contributed by atoms with Crippen molar-refractivity contribution in [3.8, 4) is 0 Å². The lowest BCUT2D eigenvalue weighted by atomic mass is 10.1. The second kappa shape index (κ2) is 23.1. The van der Waals surface area contributed by atoms with Crippen LogP contribution in [0.5, 0.6) is 0 Å². The summed E-state index contributed by atoms with van der Waals surface area (Å²) in [5, 5.41) is 18.4. The average molecular weight is 577 g/mol.